The van der Waals surface area contributed by atoms with Crippen molar-refractivity contribution in [3.63, 3.8) is 0 Å². The molecule has 1 saturated heterocycles. The average Bonchev–Trinajstić information content (AvgIpc) is 2.49. The molecule has 1 fully saturated rings. The number of anilines is 1. The summed E-state index contributed by atoms with van der Waals surface area (Å²) in [6, 6.07) is 7.63. The molecule has 120 valence electrons. The van der Waals surface area contributed by atoms with Crippen LogP contribution < -0.4 is 10.6 Å². The monoisotopic (exact) mass is 303 g/mol. The zero-order valence-corrected chi connectivity index (χ0v) is 13.4. The van der Waals surface area contributed by atoms with E-state index in [1.807, 2.05) is 43.0 Å². The molecule has 1 aromatic rings. The number of nitrogens with zero attached hydrogens (tertiary/aromatic N) is 1. The number of hydrogen-bond donors (Lipinski definition) is 2. The summed E-state index contributed by atoms with van der Waals surface area (Å²) >= 11 is 0. The molecule has 1 heterocycles. The number of carbonyl (C=O) groups excluding carboxylic acids is 2. The number of urea groups is 1. The molecule has 5 heteroatoms. The normalized spacial score (nSPS) is 16.3. The van der Waals surface area contributed by atoms with E-state index in [1.165, 1.54) is 0 Å². The fourth-order valence-electron chi connectivity index (χ4n) is 2.49. The molecule has 0 aromatic heterocycles. The van der Waals surface area contributed by atoms with Gasteiger partial charge in [-0.15, -0.1) is 0 Å². The Morgan fingerprint density at radius 3 is 2.91 bits per heavy atom. The third kappa shape index (κ3) is 4.76. The van der Waals surface area contributed by atoms with Crippen LogP contribution in [0.15, 0.2) is 24.3 Å². The van der Waals surface area contributed by atoms with Crippen LogP contribution in [0.5, 0.6) is 0 Å². The maximum atomic E-state index is 11.9. The number of hydrogen-bond acceptors (Lipinski definition) is 2. The van der Waals surface area contributed by atoms with Crippen molar-refractivity contribution >= 4 is 17.6 Å². The first-order valence-electron chi connectivity index (χ1n) is 8.02. The van der Waals surface area contributed by atoms with E-state index in [2.05, 4.69) is 10.6 Å². The standard InChI is InChI=1S/C17H25N3O2/c1-3-13(2)18-17(22)19-15-8-6-7-14(11-15)12-20-10-5-4-9-16(20)21/h6-8,11,13H,3-5,9-10,12H2,1-2H3,(H2,18,19,22)/t13-/m1/s1. The van der Waals surface area contributed by atoms with Gasteiger partial charge in [-0.25, -0.2) is 4.79 Å². The zero-order chi connectivity index (χ0) is 15.9. The van der Waals surface area contributed by atoms with Gasteiger partial charge in [0.2, 0.25) is 5.91 Å². The Kier molecular flexibility index (Phi) is 5.81. The van der Waals surface area contributed by atoms with Crippen molar-refractivity contribution in [3.8, 4) is 0 Å². The largest absolute Gasteiger partial charge is 0.338 e. The second-order valence-corrected chi connectivity index (χ2v) is 5.88. The van der Waals surface area contributed by atoms with Gasteiger partial charge in [0.05, 0.1) is 0 Å². The SMILES string of the molecule is CC[C@@H](C)NC(=O)Nc1cccc(CN2CCCCC2=O)c1. The summed E-state index contributed by atoms with van der Waals surface area (Å²) in [5.74, 6) is 0.221. The Morgan fingerprint density at radius 1 is 1.36 bits per heavy atom. The number of piperidine rings is 1. The number of rotatable bonds is 5. The smallest absolute Gasteiger partial charge is 0.319 e. The molecule has 1 aliphatic rings. The third-order valence-corrected chi connectivity index (χ3v) is 3.97. The van der Waals surface area contributed by atoms with Crippen molar-refractivity contribution in [1.29, 1.82) is 0 Å². The number of likely N-dealkylation sites (tertiary alicyclic amines) is 1. The maximum absolute atomic E-state index is 11.9. The molecule has 2 rings (SSSR count). The first-order valence-corrected chi connectivity index (χ1v) is 8.02. The Labute approximate surface area is 132 Å². The quantitative estimate of drug-likeness (QED) is 0.878. The lowest BCUT2D eigenvalue weighted by molar-refractivity contribution is -0.133. The molecule has 1 atom stereocenters. The summed E-state index contributed by atoms with van der Waals surface area (Å²) in [7, 11) is 0. The lowest BCUT2D eigenvalue weighted by atomic mass is 10.1. The fraction of sp³-hybridized carbons (Fsp3) is 0.529. The van der Waals surface area contributed by atoms with E-state index in [0.29, 0.717) is 13.0 Å². The number of amides is 3. The van der Waals surface area contributed by atoms with Crippen molar-refractivity contribution < 1.29 is 9.59 Å². The van der Waals surface area contributed by atoms with E-state index in [-0.39, 0.29) is 18.0 Å². The minimum Gasteiger partial charge on any atom is -0.338 e. The van der Waals surface area contributed by atoms with Gasteiger partial charge in [-0.05, 0) is 43.9 Å². The predicted molar refractivity (Wildman–Crippen MR) is 87.6 cm³/mol. The van der Waals surface area contributed by atoms with Gasteiger partial charge in [-0.3, -0.25) is 4.79 Å². The van der Waals surface area contributed by atoms with E-state index in [1.54, 1.807) is 0 Å². The van der Waals surface area contributed by atoms with Gasteiger partial charge >= 0.3 is 6.03 Å². The first kappa shape index (κ1) is 16.3. The van der Waals surface area contributed by atoms with Gasteiger partial charge < -0.3 is 15.5 Å². The van der Waals surface area contributed by atoms with Crippen LogP contribution in [0.2, 0.25) is 0 Å². The molecular formula is C17H25N3O2. The highest BCUT2D eigenvalue weighted by Crippen LogP contribution is 2.17. The Morgan fingerprint density at radius 2 is 2.18 bits per heavy atom. The van der Waals surface area contributed by atoms with Crippen LogP contribution in [0.1, 0.15) is 45.1 Å². The van der Waals surface area contributed by atoms with Crippen LogP contribution in [0, 0.1) is 0 Å². The second kappa shape index (κ2) is 7.82. The van der Waals surface area contributed by atoms with Gasteiger partial charge in [-0.1, -0.05) is 19.1 Å². The summed E-state index contributed by atoms with van der Waals surface area (Å²) in [4.78, 5) is 25.6. The number of carbonyl (C=O) groups is 2. The van der Waals surface area contributed by atoms with Crippen LogP contribution >= 0.6 is 0 Å². The van der Waals surface area contributed by atoms with Gasteiger partial charge in [0.15, 0.2) is 0 Å². The maximum Gasteiger partial charge on any atom is 0.319 e. The van der Waals surface area contributed by atoms with Crippen molar-refractivity contribution in [3.05, 3.63) is 29.8 Å². The van der Waals surface area contributed by atoms with Crippen LogP contribution in [0.25, 0.3) is 0 Å². The van der Waals surface area contributed by atoms with Crippen LogP contribution in [-0.2, 0) is 11.3 Å². The lowest BCUT2D eigenvalue weighted by Crippen LogP contribution is -2.36. The molecule has 0 radical (unpaired) electrons. The zero-order valence-electron chi connectivity index (χ0n) is 13.4. The van der Waals surface area contributed by atoms with Crippen molar-refractivity contribution in [2.24, 2.45) is 0 Å². The molecule has 0 spiro atoms. The molecular weight excluding hydrogens is 278 g/mol. The molecule has 3 amide bonds. The van der Waals surface area contributed by atoms with Crippen LogP contribution in [-0.4, -0.2) is 29.4 Å². The highest BCUT2D eigenvalue weighted by atomic mass is 16.2. The average molecular weight is 303 g/mol. The molecule has 0 aliphatic carbocycles. The van der Waals surface area contributed by atoms with Crippen molar-refractivity contribution in [1.82, 2.24) is 10.2 Å². The fourth-order valence-corrected chi connectivity index (χ4v) is 2.49. The Hall–Kier alpha value is -2.04. The number of benzene rings is 1. The van der Waals surface area contributed by atoms with Gasteiger partial charge in [0.1, 0.15) is 0 Å². The Balaban J connectivity index is 1.94. The molecule has 1 aliphatic heterocycles. The minimum absolute atomic E-state index is 0.147. The molecule has 0 unspecified atom stereocenters. The van der Waals surface area contributed by atoms with E-state index in [4.69, 9.17) is 0 Å². The topological polar surface area (TPSA) is 61.4 Å². The van der Waals surface area contributed by atoms with Crippen molar-refractivity contribution in [2.75, 3.05) is 11.9 Å². The third-order valence-electron chi connectivity index (χ3n) is 3.97. The summed E-state index contributed by atoms with van der Waals surface area (Å²) in [5.41, 5.74) is 1.79. The molecule has 22 heavy (non-hydrogen) atoms. The highest BCUT2D eigenvalue weighted by Gasteiger charge is 2.18. The molecule has 2 N–H and O–H groups in total. The second-order valence-electron chi connectivity index (χ2n) is 5.88. The highest BCUT2D eigenvalue weighted by molar-refractivity contribution is 5.89. The summed E-state index contributed by atoms with van der Waals surface area (Å²) in [6.07, 6.45) is 3.60. The molecule has 0 saturated carbocycles. The summed E-state index contributed by atoms with van der Waals surface area (Å²) < 4.78 is 0. The molecule has 0 bridgehead atoms. The van der Waals surface area contributed by atoms with Gasteiger partial charge in [0, 0.05) is 31.2 Å². The molecule has 1 aromatic carbocycles. The van der Waals surface area contributed by atoms with Crippen LogP contribution in [0.4, 0.5) is 10.5 Å². The minimum atomic E-state index is -0.194. The summed E-state index contributed by atoms with van der Waals surface area (Å²) in [6.45, 7) is 5.44. The first-order chi connectivity index (χ1) is 10.6. The van der Waals surface area contributed by atoms with Gasteiger partial charge in [-0.2, -0.15) is 0 Å². The van der Waals surface area contributed by atoms with E-state index >= 15 is 0 Å². The molecule has 5 nitrogen and oxygen atoms in total. The van der Waals surface area contributed by atoms with E-state index in [9.17, 15) is 9.59 Å². The lowest BCUT2D eigenvalue weighted by Gasteiger charge is -2.26. The van der Waals surface area contributed by atoms with Crippen molar-refractivity contribution in [2.45, 2.75) is 52.1 Å². The van der Waals surface area contributed by atoms with E-state index < -0.39 is 0 Å². The number of nitrogens with one attached hydrogen (secondary N) is 2. The summed E-state index contributed by atoms with van der Waals surface area (Å²) in [5, 5.41) is 5.71. The van der Waals surface area contributed by atoms with E-state index in [0.717, 1.165) is 37.1 Å². The predicted octanol–water partition coefficient (Wildman–Crippen LogP) is 3.12. The van der Waals surface area contributed by atoms with Crippen LogP contribution in [0.3, 0.4) is 0 Å². The van der Waals surface area contributed by atoms with Gasteiger partial charge in [0.25, 0.3) is 0 Å². The Bertz CT molecular complexity index is 530.